The lowest BCUT2D eigenvalue weighted by Gasteiger charge is -2.10. The van der Waals surface area contributed by atoms with Crippen molar-refractivity contribution in [2.24, 2.45) is 0 Å². The minimum Gasteiger partial charge on any atom is -0.483 e. The van der Waals surface area contributed by atoms with Crippen LogP contribution in [-0.2, 0) is 4.79 Å². The Balaban J connectivity index is 2.91. The molecule has 0 saturated carbocycles. The molecule has 0 radical (unpaired) electrons. The Labute approximate surface area is 96.3 Å². The van der Waals surface area contributed by atoms with Crippen LogP contribution in [0.2, 0.25) is 0 Å². The van der Waals surface area contributed by atoms with Gasteiger partial charge in [-0.1, -0.05) is 6.07 Å². The molecule has 1 aromatic carbocycles. The van der Waals surface area contributed by atoms with Gasteiger partial charge in [0.15, 0.2) is 6.61 Å². The van der Waals surface area contributed by atoms with Crippen LogP contribution >= 0.6 is 27.5 Å². The van der Waals surface area contributed by atoms with Crippen LogP contribution in [0.3, 0.4) is 0 Å². The van der Waals surface area contributed by atoms with Gasteiger partial charge in [0, 0.05) is 0 Å². The van der Waals surface area contributed by atoms with Crippen molar-refractivity contribution in [1.82, 2.24) is 0 Å². The number of benzene rings is 1. The highest BCUT2D eigenvalue weighted by Crippen LogP contribution is 2.30. The van der Waals surface area contributed by atoms with Gasteiger partial charge < -0.3 is 4.74 Å². The molecule has 1 aromatic rings. The second kappa shape index (κ2) is 4.80. The van der Waals surface area contributed by atoms with Gasteiger partial charge in [-0.3, -0.25) is 4.79 Å². The van der Waals surface area contributed by atoms with Gasteiger partial charge in [0.2, 0.25) is 0 Å². The number of rotatable bonds is 3. The number of carbonyl (C=O) groups excluding carboxylic acids is 1. The van der Waals surface area contributed by atoms with Crippen LogP contribution in [-0.4, -0.2) is 11.8 Å². The zero-order chi connectivity index (χ0) is 10.7. The summed E-state index contributed by atoms with van der Waals surface area (Å²) in [6.45, 7) is 3.81. The van der Waals surface area contributed by atoms with Crippen LogP contribution in [0, 0.1) is 13.8 Å². The normalized spacial score (nSPS) is 10.0. The van der Waals surface area contributed by atoms with E-state index in [1.54, 1.807) is 0 Å². The maximum absolute atomic E-state index is 10.5. The topological polar surface area (TPSA) is 26.3 Å². The lowest BCUT2D eigenvalue weighted by Crippen LogP contribution is -2.06. The summed E-state index contributed by atoms with van der Waals surface area (Å²) < 4.78 is 6.10. The van der Waals surface area contributed by atoms with Crippen molar-refractivity contribution in [1.29, 1.82) is 0 Å². The third-order valence-electron chi connectivity index (χ3n) is 1.70. The Morgan fingerprint density at radius 2 is 2.14 bits per heavy atom. The van der Waals surface area contributed by atoms with Gasteiger partial charge in [0.25, 0.3) is 5.24 Å². The lowest BCUT2D eigenvalue weighted by molar-refractivity contribution is -0.113. The van der Waals surface area contributed by atoms with Crippen molar-refractivity contribution in [2.75, 3.05) is 6.61 Å². The average Bonchev–Trinajstić information content (AvgIpc) is 2.01. The van der Waals surface area contributed by atoms with E-state index in [0.29, 0.717) is 5.75 Å². The summed E-state index contributed by atoms with van der Waals surface area (Å²) in [5, 5.41) is -0.503. The summed E-state index contributed by atoms with van der Waals surface area (Å²) in [7, 11) is 0. The minimum atomic E-state index is -0.503. The number of hydrogen-bond donors (Lipinski definition) is 0. The molecule has 0 aromatic heterocycles. The quantitative estimate of drug-likeness (QED) is 0.793. The molecule has 0 atom stereocenters. The molecule has 0 amide bonds. The van der Waals surface area contributed by atoms with E-state index in [9.17, 15) is 4.79 Å². The van der Waals surface area contributed by atoms with Crippen molar-refractivity contribution in [2.45, 2.75) is 13.8 Å². The molecule has 0 heterocycles. The fourth-order valence-corrected chi connectivity index (χ4v) is 2.06. The van der Waals surface area contributed by atoms with Crippen molar-refractivity contribution in [3.05, 3.63) is 27.7 Å². The standard InChI is InChI=1S/C10H10BrClO2/c1-6-3-7(2)10(8(11)4-6)14-5-9(12)13/h3-4H,5H2,1-2H3. The predicted octanol–water partition coefficient (Wildman–Crippen LogP) is 3.21. The van der Waals surface area contributed by atoms with Gasteiger partial charge in [-0.25, -0.2) is 0 Å². The van der Waals surface area contributed by atoms with Crippen molar-refractivity contribution in [3.8, 4) is 5.75 Å². The zero-order valence-corrected chi connectivity index (χ0v) is 10.3. The summed E-state index contributed by atoms with van der Waals surface area (Å²) in [5.41, 5.74) is 2.12. The fourth-order valence-electron chi connectivity index (χ4n) is 1.21. The van der Waals surface area contributed by atoms with E-state index in [4.69, 9.17) is 16.3 Å². The number of hydrogen-bond acceptors (Lipinski definition) is 2. The highest BCUT2D eigenvalue weighted by molar-refractivity contribution is 9.10. The second-order valence-electron chi connectivity index (χ2n) is 3.04. The van der Waals surface area contributed by atoms with E-state index in [-0.39, 0.29) is 6.61 Å². The molecule has 0 saturated heterocycles. The molecule has 0 aliphatic rings. The first-order valence-electron chi connectivity index (χ1n) is 4.08. The molecule has 0 spiro atoms. The number of aryl methyl sites for hydroxylation is 2. The van der Waals surface area contributed by atoms with Gasteiger partial charge >= 0.3 is 0 Å². The monoisotopic (exact) mass is 276 g/mol. The maximum atomic E-state index is 10.5. The maximum Gasteiger partial charge on any atom is 0.259 e. The lowest BCUT2D eigenvalue weighted by atomic mass is 10.1. The Hall–Kier alpha value is -0.540. The molecule has 14 heavy (non-hydrogen) atoms. The van der Waals surface area contributed by atoms with Crippen LogP contribution in [0.15, 0.2) is 16.6 Å². The molecular formula is C10H10BrClO2. The molecule has 0 fully saturated rings. The van der Waals surface area contributed by atoms with Gasteiger partial charge in [0.05, 0.1) is 4.47 Å². The van der Waals surface area contributed by atoms with E-state index in [2.05, 4.69) is 15.9 Å². The van der Waals surface area contributed by atoms with Crippen molar-refractivity contribution in [3.63, 3.8) is 0 Å². The molecular weight excluding hydrogens is 267 g/mol. The van der Waals surface area contributed by atoms with E-state index in [0.717, 1.165) is 15.6 Å². The first-order valence-corrected chi connectivity index (χ1v) is 5.25. The minimum absolute atomic E-state index is 0.107. The van der Waals surface area contributed by atoms with E-state index in [1.807, 2.05) is 26.0 Å². The summed E-state index contributed by atoms with van der Waals surface area (Å²) in [6, 6.07) is 3.92. The number of carbonyl (C=O) groups is 1. The van der Waals surface area contributed by atoms with Gasteiger partial charge in [-0.15, -0.1) is 0 Å². The summed E-state index contributed by atoms with van der Waals surface area (Å²) in [6.07, 6.45) is 0. The SMILES string of the molecule is Cc1cc(C)c(OCC(=O)Cl)c(Br)c1. The highest BCUT2D eigenvalue weighted by Gasteiger charge is 2.07. The first kappa shape index (κ1) is 11.5. The molecule has 1 rings (SSSR count). The first-order chi connectivity index (χ1) is 6.50. The Morgan fingerprint density at radius 1 is 1.50 bits per heavy atom. The smallest absolute Gasteiger partial charge is 0.259 e. The number of ether oxygens (including phenoxy) is 1. The summed E-state index contributed by atoms with van der Waals surface area (Å²) in [4.78, 5) is 10.5. The van der Waals surface area contributed by atoms with Crippen molar-refractivity contribution < 1.29 is 9.53 Å². The van der Waals surface area contributed by atoms with E-state index < -0.39 is 5.24 Å². The molecule has 76 valence electrons. The Morgan fingerprint density at radius 3 is 2.64 bits per heavy atom. The predicted molar refractivity (Wildman–Crippen MR) is 60.0 cm³/mol. The van der Waals surface area contributed by atoms with Crippen LogP contribution < -0.4 is 4.74 Å². The Kier molecular flexibility index (Phi) is 3.96. The molecule has 0 aliphatic carbocycles. The molecule has 0 bridgehead atoms. The Bertz CT molecular complexity index is 340. The summed E-state index contributed by atoms with van der Waals surface area (Å²) in [5.74, 6) is 0.671. The molecule has 2 nitrogen and oxygen atoms in total. The van der Waals surface area contributed by atoms with Gasteiger partial charge in [0.1, 0.15) is 5.75 Å². The summed E-state index contributed by atoms with van der Waals surface area (Å²) >= 11 is 8.55. The molecule has 0 unspecified atom stereocenters. The molecule has 4 heteroatoms. The highest BCUT2D eigenvalue weighted by atomic mass is 79.9. The fraction of sp³-hybridized carbons (Fsp3) is 0.300. The van der Waals surface area contributed by atoms with Crippen LogP contribution in [0.1, 0.15) is 11.1 Å². The van der Waals surface area contributed by atoms with Crippen molar-refractivity contribution >= 4 is 32.8 Å². The molecule has 0 aliphatic heterocycles. The third-order valence-corrected chi connectivity index (χ3v) is 2.40. The molecule has 0 N–H and O–H groups in total. The number of halogens is 2. The second-order valence-corrected chi connectivity index (χ2v) is 4.31. The largest absolute Gasteiger partial charge is 0.483 e. The van der Waals surface area contributed by atoms with E-state index in [1.165, 1.54) is 0 Å². The van der Waals surface area contributed by atoms with Crippen LogP contribution in [0.25, 0.3) is 0 Å². The van der Waals surface area contributed by atoms with Gasteiger partial charge in [-0.2, -0.15) is 0 Å². The van der Waals surface area contributed by atoms with E-state index >= 15 is 0 Å². The third kappa shape index (κ3) is 3.00. The van der Waals surface area contributed by atoms with Gasteiger partial charge in [-0.05, 0) is 58.6 Å². The zero-order valence-electron chi connectivity index (χ0n) is 7.93. The average molecular weight is 278 g/mol. The van der Waals surface area contributed by atoms with Crippen LogP contribution in [0.5, 0.6) is 5.75 Å². The van der Waals surface area contributed by atoms with Crippen LogP contribution in [0.4, 0.5) is 0 Å².